The van der Waals surface area contributed by atoms with E-state index in [1.807, 2.05) is 115 Å². The minimum atomic E-state index is 0.939. The summed E-state index contributed by atoms with van der Waals surface area (Å²) in [4.78, 5) is 32.0. The Labute approximate surface area is 328 Å². The van der Waals surface area contributed by atoms with Crippen molar-refractivity contribution in [1.29, 1.82) is 0 Å². The van der Waals surface area contributed by atoms with Gasteiger partial charge in [0.1, 0.15) is 0 Å². The van der Waals surface area contributed by atoms with Crippen molar-refractivity contribution in [1.82, 2.24) is 39.9 Å². The van der Waals surface area contributed by atoms with Crippen molar-refractivity contribution in [2.75, 3.05) is 0 Å². The van der Waals surface area contributed by atoms with E-state index in [1.54, 1.807) is 0 Å². The molecule has 11 rings (SSSR count). The number of benzene rings is 1. The molecular formula is C46H33AuN8. The quantitative estimate of drug-likeness (QED) is 0.114. The fourth-order valence-electron chi connectivity index (χ4n) is 6.29. The molecule has 0 aliphatic carbocycles. The van der Waals surface area contributed by atoms with E-state index in [2.05, 4.69) is 122 Å². The van der Waals surface area contributed by atoms with Crippen LogP contribution in [0.5, 0.6) is 0 Å². The fourth-order valence-corrected chi connectivity index (χ4v) is 6.70. The van der Waals surface area contributed by atoms with E-state index in [-0.39, 0.29) is 0 Å². The number of fused-ring (bicyclic) bond motifs is 16. The summed E-state index contributed by atoms with van der Waals surface area (Å²) < 4.78 is 1.27. The Balaban J connectivity index is 0.000000123. The Kier molecular flexibility index (Phi) is 9.42. The molecule has 0 spiro atoms. The van der Waals surface area contributed by atoms with Gasteiger partial charge in [-0.3, -0.25) is 0 Å². The molecule has 0 fully saturated rings. The van der Waals surface area contributed by atoms with Crippen LogP contribution in [-0.4, -0.2) is 39.9 Å². The van der Waals surface area contributed by atoms with E-state index in [1.165, 1.54) is 3.78 Å². The molecule has 4 aliphatic heterocycles. The predicted octanol–water partition coefficient (Wildman–Crippen LogP) is 10.2. The summed E-state index contributed by atoms with van der Waals surface area (Å²) in [6.07, 6.45) is 16.2. The Bertz CT molecular complexity index is 2470. The van der Waals surface area contributed by atoms with Crippen molar-refractivity contribution in [2.45, 2.75) is 0 Å². The summed E-state index contributed by atoms with van der Waals surface area (Å²) in [5.74, 6) is 0. The third kappa shape index (κ3) is 8.70. The van der Waals surface area contributed by atoms with Gasteiger partial charge in [0.05, 0.1) is 45.6 Å². The summed E-state index contributed by atoms with van der Waals surface area (Å²) >= 11 is 2.45. The van der Waals surface area contributed by atoms with E-state index in [0.29, 0.717) is 0 Å². The van der Waals surface area contributed by atoms with Crippen molar-refractivity contribution in [3.63, 3.8) is 0 Å². The summed E-state index contributed by atoms with van der Waals surface area (Å²) in [5.41, 5.74) is 15.7. The van der Waals surface area contributed by atoms with Crippen molar-refractivity contribution >= 4 is 96.5 Å². The molecule has 1 aromatic carbocycles. The predicted molar refractivity (Wildman–Crippen MR) is 224 cm³/mol. The van der Waals surface area contributed by atoms with Crippen molar-refractivity contribution in [3.8, 4) is 0 Å². The van der Waals surface area contributed by atoms with Gasteiger partial charge in [-0.2, -0.15) is 0 Å². The van der Waals surface area contributed by atoms with E-state index in [4.69, 9.17) is 0 Å². The second-order valence-corrected chi connectivity index (χ2v) is 14.3. The fraction of sp³-hybridized carbons (Fsp3) is 0. The number of rotatable bonds is 0. The number of H-pyrrole nitrogens is 4. The Morgan fingerprint density at radius 1 is 0.273 bits per heavy atom. The number of aromatic amines is 4. The van der Waals surface area contributed by atoms with Gasteiger partial charge in [-0.05, 0) is 146 Å². The number of nitrogens with one attached hydrogen (secondary N) is 4. The third-order valence-electron chi connectivity index (χ3n) is 8.79. The second-order valence-electron chi connectivity index (χ2n) is 13.1. The molecule has 10 heterocycles. The van der Waals surface area contributed by atoms with Crippen LogP contribution in [-0.2, 0) is 21.1 Å². The van der Waals surface area contributed by atoms with Gasteiger partial charge in [0, 0.05) is 44.1 Å². The van der Waals surface area contributed by atoms with Crippen LogP contribution < -0.4 is 3.78 Å². The molecule has 0 saturated heterocycles. The minimum absolute atomic E-state index is 0.939. The van der Waals surface area contributed by atoms with Crippen LogP contribution in [0.3, 0.4) is 0 Å². The SMILES string of the molecule is C1=Cc2cc3ccc(cc4nc(cc5ccc(cc1n2)[nH]5)C=C4)[nH]3.C1=Cc2cc3ccc(cc4nc(cc5ccc(cc1n2)[nH]5)C=C4)[nH]3.[Au][c]1ccccc1. The van der Waals surface area contributed by atoms with Crippen molar-refractivity contribution < 1.29 is 21.1 Å². The molecule has 7 aromatic rings. The number of nitrogens with zero attached hydrogens (tertiary/aromatic N) is 4. The van der Waals surface area contributed by atoms with E-state index < -0.39 is 0 Å². The molecule has 9 heteroatoms. The molecule has 268 valence electrons. The zero-order valence-corrected chi connectivity index (χ0v) is 31.5. The molecule has 6 aromatic heterocycles. The normalized spacial score (nSPS) is 12.2. The van der Waals surface area contributed by atoms with Crippen LogP contribution >= 0.6 is 0 Å². The van der Waals surface area contributed by atoms with Gasteiger partial charge in [-0.15, -0.1) is 0 Å². The maximum absolute atomic E-state index is 4.63. The van der Waals surface area contributed by atoms with Crippen molar-refractivity contribution in [2.24, 2.45) is 0 Å². The van der Waals surface area contributed by atoms with E-state index in [9.17, 15) is 0 Å². The Morgan fingerprint density at radius 3 is 0.636 bits per heavy atom. The first kappa shape index (κ1) is 34.0. The summed E-state index contributed by atoms with van der Waals surface area (Å²) in [6, 6.07) is 42.9. The molecule has 4 N–H and O–H groups in total. The van der Waals surface area contributed by atoms with Gasteiger partial charge in [-0.1, -0.05) is 0 Å². The molecule has 55 heavy (non-hydrogen) atoms. The van der Waals surface area contributed by atoms with Gasteiger partial charge in [0.15, 0.2) is 0 Å². The zero-order chi connectivity index (χ0) is 37.0. The first-order valence-corrected chi connectivity index (χ1v) is 18.8. The van der Waals surface area contributed by atoms with Crippen LogP contribution in [0, 0.1) is 0 Å². The topological polar surface area (TPSA) is 115 Å². The Hall–Kier alpha value is -6.84. The first-order chi connectivity index (χ1) is 27.0. The van der Waals surface area contributed by atoms with E-state index in [0.717, 1.165) is 89.7 Å². The first-order valence-electron chi connectivity index (χ1n) is 17.8. The molecular weight excluding hydrogens is 862 g/mol. The molecule has 16 bridgehead atoms. The van der Waals surface area contributed by atoms with Crippen LogP contribution in [0.1, 0.15) is 45.6 Å². The Morgan fingerprint density at radius 2 is 0.473 bits per heavy atom. The maximum atomic E-state index is 4.63. The monoisotopic (exact) mass is 894 g/mol. The molecule has 8 nitrogen and oxygen atoms in total. The molecule has 0 atom stereocenters. The van der Waals surface area contributed by atoms with Gasteiger partial charge in [0.2, 0.25) is 0 Å². The number of aromatic nitrogens is 8. The van der Waals surface area contributed by atoms with Gasteiger partial charge in [-0.25, -0.2) is 19.9 Å². The third-order valence-corrected chi connectivity index (χ3v) is 9.51. The molecule has 0 amide bonds. The van der Waals surface area contributed by atoms with Crippen molar-refractivity contribution in [3.05, 3.63) is 173 Å². The summed E-state index contributed by atoms with van der Waals surface area (Å²) in [5, 5.41) is 0. The number of hydrogen-bond donors (Lipinski definition) is 4. The van der Waals surface area contributed by atoms with Gasteiger partial charge in [0.25, 0.3) is 0 Å². The summed E-state index contributed by atoms with van der Waals surface area (Å²) in [6.45, 7) is 0. The average molecular weight is 895 g/mol. The van der Waals surface area contributed by atoms with Crippen LogP contribution in [0.4, 0.5) is 0 Å². The molecule has 0 radical (unpaired) electrons. The second kappa shape index (κ2) is 15.3. The standard InChI is InChI=1S/2C20H14N4.C6H5.Au/c2*1-2-14-10-16-5-6-18(23-16)12-20-8-7-19(24-20)11-17-4-3-15(22-17)9-13(1)21-14;1-2-4-6-5-3-1;/h2*1-12,21,24H;1-5H;. The molecule has 0 saturated carbocycles. The van der Waals surface area contributed by atoms with Crippen LogP contribution in [0.25, 0.3) is 92.7 Å². The van der Waals surface area contributed by atoms with Gasteiger partial charge < -0.3 is 19.9 Å². The van der Waals surface area contributed by atoms with Crippen LogP contribution in [0.2, 0.25) is 0 Å². The number of hydrogen-bond acceptors (Lipinski definition) is 4. The van der Waals surface area contributed by atoms with Crippen LogP contribution in [0.15, 0.2) is 127 Å². The average Bonchev–Trinajstić information content (AvgIpc) is 4.01. The zero-order valence-electron chi connectivity index (χ0n) is 29.3. The molecule has 4 aliphatic rings. The van der Waals surface area contributed by atoms with Gasteiger partial charge >= 0.3 is 55.2 Å². The summed E-state index contributed by atoms with van der Waals surface area (Å²) in [7, 11) is 0. The van der Waals surface area contributed by atoms with E-state index >= 15 is 0 Å². The molecule has 0 unspecified atom stereocenters.